The van der Waals surface area contributed by atoms with E-state index in [4.69, 9.17) is 4.74 Å². The molecule has 0 bridgehead atoms. The van der Waals surface area contributed by atoms with Crippen LogP contribution in [0.15, 0.2) is 22.8 Å². The fourth-order valence-electron chi connectivity index (χ4n) is 7.22. The van der Waals surface area contributed by atoms with Crippen LogP contribution in [-0.4, -0.2) is 30.1 Å². The summed E-state index contributed by atoms with van der Waals surface area (Å²) in [7, 11) is 1.43. The normalized spacial score (nSPS) is 45.4. The smallest absolute Gasteiger partial charge is 0.333 e. The van der Waals surface area contributed by atoms with E-state index >= 15 is 0 Å². The Bertz CT molecular complexity index is 747. The van der Waals surface area contributed by atoms with Crippen molar-refractivity contribution in [1.82, 2.24) is 0 Å². The molecule has 0 spiro atoms. The standard InChI is InChI=1S/C23H32O4/c1-13(21(26)27-4)17-7-8-18-16-6-5-14-11-15(24)9-10-22(14,2)19(16)12-20(25)23(17,18)3/h11,16,18-20,25H,5-10,12H2,1-4H3/b17-13-/t16-,18-,19-,20-,22-,23+/m0/s1. The predicted octanol–water partition coefficient (Wildman–Crippen LogP) is 3.98. The summed E-state index contributed by atoms with van der Waals surface area (Å²) >= 11 is 0. The molecule has 27 heavy (non-hydrogen) atoms. The second-order valence-corrected chi connectivity index (χ2v) is 9.64. The molecule has 4 nitrogen and oxygen atoms in total. The molecule has 0 aromatic carbocycles. The van der Waals surface area contributed by atoms with Gasteiger partial charge >= 0.3 is 5.97 Å². The van der Waals surface area contributed by atoms with Crippen molar-refractivity contribution in [2.24, 2.45) is 28.6 Å². The molecule has 148 valence electrons. The van der Waals surface area contributed by atoms with Crippen LogP contribution in [0.1, 0.15) is 65.7 Å². The zero-order valence-electron chi connectivity index (χ0n) is 17.0. The Morgan fingerprint density at radius 3 is 2.63 bits per heavy atom. The Hall–Kier alpha value is -1.42. The Balaban J connectivity index is 1.73. The maximum absolute atomic E-state index is 12.2. The van der Waals surface area contributed by atoms with Gasteiger partial charge in [-0.3, -0.25) is 4.79 Å². The van der Waals surface area contributed by atoms with Gasteiger partial charge in [-0.1, -0.05) is 25.0 Å². The van der Waals surface area contributed by atoms with Crippen LogP contribution < -0.4 is 0 Å². The molecule has 4 aliphatic carbocycles. The van der Waals surface area contributed by atoms with Crippen LogP contribution in [0.5, 0.6) is 0 Å². The molecule has 4 aliphatic rings. The summed E-state index contributed by atoms with van der Waals surface area (Å²) in [6.07, 6.45) is 7.77. The van der Waals surface area contributed by atoms with Gasteiger partial charge in [0.2, 0.25) is 0 Å². The largest absolute Gasteiger partial charge is 0.466 e. The molecule has 4 heteroatoms. The van der Waals surface area contributed by atoms with Crippen molar-refractivity contribution in [2.45, 2.75) is 71.8 Å². The number of carbonyl (C=O) groups is 2. The van der Waals surface area contributed by atoms with Crippen molar-refractivity contribution >= 4 is 11.8 Å². The van der Waals surface area contributed by atoms with E-state index in [1.54, 1.807) is 0 Å². The SMILES string of the molecule is COC(=O)/C(C)=C1/CC[C@H]2[C@@H]3CCC4=CC(=O)CC[C@]4(C)[C@H]3C[C@H](O)[C@]12C. The summed E-state index contributed by atoms with van der Waals surface area (Å²) in [6.45, 7) is 6.34. The molecule has 3 saturated carbocycles. The topological polar surface area (TPSA) is 63.6 Å². The number of aliphatic hydroxyl groups is 1. The monoisotopic (exact) mass is 372 g/mol. The van der Waals surface area contributed by atoms with Crippen LogP contribution in [0.3, 0.4) is 0 Å². The second-order valence-electron chi connectivity index (χ2n) is 9.64. The number of esters is 1. The van der Waals surface area contributed by atoms with E-state index in [1.165, 1.54) is 12.7 Å². The first-order chi connectivity index (χ1) is 12.7. The average molecular weight is 373 g/mol. The van der Waals surface area contributed by atoms with Gasteiger partial charge in [0.05, 0.1) is 13.2 Å². The number of aliphatic hydroxyl groups excluding tert-OH is 1. The lowest BCUT2D eigenvalue weighted by molar-refractivity contribution is -0.136. The molecule has 0 aromatic heterocycles. The second kappa shape index (κ2) is 6.30. The maximum atomic E-state index is 12.2. The van der Waals surface area contributed by atoms with Crippen LogP contribution >= 0.6 is 0 Å². The first-order valence-electron chi connectivity index (χ1n) is 10.4. The fraction of sp³-hybridized carbons (Fsp3) is 0.739. The molecule has 4 rings (SSSR count). The molecule has 0 heterocycles. The lowest BCUT2D eigenvalue weighted by atomic mass is 9.46. The number of fused-ring (bicyclic) bond motifs is 5. The third-order valence-corrected chi connectivity index (χ3v) is 8.80. The number of ketones is 1. The Labute approximate surface area is 162 Å². The minimum atomic E-state index is -0.449. The van der Waals surface area contributed by atoms with Gasteiger partial charge in [-0.15, -0.1) is 0 Å². The van der Waals surface area contributed by atoms with Crippen molar-refractivity contribution in [3.63, 3.8) is 0 Å². The highest BCUT2D eigenvalue weighted by Gasteiger charge is 2.61. The molecule has 0 unspecified atom stereocenters. The summed E-state index contributed by atoms with van der Waals surface area (Å²) in [5, 5.41) is 11.3. The third-order valence-electron chi connectivity index (χ3n) is 8.80. The number of ether oxygens (including phenoxy) is 1. The summed E-state index contributed by atoms with van der Waals surface area (Å²) in [6, 6.07) is 0. The summed E-state index contributed by atoms with van der Waals surface area (Å²) < 4.78 is 4.97. The van der Waals surface area contributed by atoms with Crippen LogP contribution in [-0.2, 0) is 14.3 Å². The molecule has 0 aliphatic heterocycles. The minimum absolute atomic E-state index is 0.0446. The quantitative estimate of drug-likeness (QED) is 0.559. The lowest BCUT2D eigenvalue weighted by Crippen LogP contribution is -2.55. The molecule has 0 radical (unpaired) electrons. The van der Waals surface area contributed by atoms with Crippen LogP contribution in [0.4, 0.5) is 0 Å². The van der Waals surface area contributed by atoms with Crippen molar-refractivity contribution < 1.29 is 19.4 Å². The first-order valence-corrected chi connectivity index (χ1v) is 10.4. The van der Waals surface area contributed by atoms with Crippen LogP contribution in [0.2, 0.25) is 0 Å². The van der Waals surface area contributed by atoms with Gasteiger partial charge in [-0.2, -0.15) is 0 Å². The van der Waals surface area contributed by atoms with E-state index in [1.807, 2.05) is 13.0 Å². The summed E-state index contributed by atoms with van der Waals surface area (Å²) in [4.78, 5) is 24.1. The van der Waals surface area contributed by atoms with Crippen molar-refractivity contribution in [3.8, 4) is 0 Å². The minimum Gasteiger partial charge on any atom is -0.466 e. The molecule has 6 atom stereocenters. The summed E-state index contributed by atoms with van der Waals surface area (Å²) in [5.41, 5.74) is 2.82. The number of rotatable bonds is 1. The third kappa shape index (κ3) is 2.52. The Morgan fingerprint density at radius 2 is 1.93 bits per heavy atom. The van der Waals surface area contributed by atoms with E-state index in [0.29, 0.717) is 29.7 Å². The van der Waals surface area contributed by atoms with E-state index < -0.39 is 6.10 Å². The van der Waals surface area contributed by atoms with Gasteiger partial charge in [0.1, 0.15) is 0 Å². The van der Waals surface area contributed by atoms with Gasteiger partial charge in [0, 0.05) is 17.4 Å². The van der Waals surface area contributed by atoms with Crippen LogP contribution in [0.25, 0.3) is 0 Å². The van der Waals surface area contributed by atoms with Crippen molar-refractivity contribution in [2.75, 3.05) is 7.11 Å². The summed E-state index contributed by atoms with van der Waals surface area (Å²) in [5.74, 6) is 1.37. The van der Waals surface area contributed by atoms with Gasteiger partial charge in [-0.25, -0.2) is 4.79 Å². The maximum Gasteiger partial charge on any atom is 0.333 e. The molecule has 3 fully saturated rings. The Morgan fingerprint density at radius 1 is 1.19 bits per heavy atom. The van der Waals surface area contributed by atoms with E-state index in [0.717, 1.165) is 44.1 Å². The van der Waals surface area contributed by atoms with Gasteiger partial charge in [0.15, 0.2) is 5.78 Å². The molecule has 1 N–H and O–H groups in total. The molecular formula is C23H32O4. The highest BCUT2D eigenvalue weighted by atomic mass is 16.5. The molecule has 0 aromatic rings. The fourth-order valence-corrected chi connectivity index (χ4v) is 7.22. The molecule has 0 saturated heterocycles. The number of methoxy groups -OCH3 is 1. The number of allylic oxidation sites excluding steroid dienone is 1. The van der Waals surface area contributed by atoms with Gasteiger partial charge < -0.3 is 9.84 Å². The first kappa shape index (κ1) is 18.9. The zero-order valence-corrected chi connectivity index (χ0v) is 17.0. The van der Waals surface area contributed by atoms with E-state index in [2.05, 4.69) is 13.8 Å². The highest BCUT2D eigenvalue weighted by Crippen LogP contribution is 2.66. The van der Waals surface area contributed by atoms with E-state index in [-0.39, 0.29) is 22.6 Å². The number of hydrogen-bond acceptors (Lipinski definition) is 4. The van der Waals surface area contributed by atoms with E-state index in [9.17, 15) is 14.7 Å². The number of carbonyl (C=O) groups excluding carboxylic acids is 2. The lowest BCUT2D eigenvalue weighted by Gasteiger charge is -2.59. The average Bonchev–Trinajstić information content (AvgIpc) is 3.01. The van der Waals surface area contributed by atoms with Crippen LogP contribution in [0, 0.1) is 28.6 Å². The zero-order chi connectivity index (χ0) is 19.6. The van der Waals surface area contributed by atoms with Gasteiger partial charge in [-0.05, 0) is 74.7 Å². The van der Waals surface area contributed by atoms with Crippen molar-refractivity contribution in [3.05, 3.63) is 22.8 Å². The van der Waals surface area contributed by atoms with Crippen molar-refractivity contribution in [1.29, 1.82) is 0 Å². The highest BCUT2D eigenvalue weighted by molar-refractivity contribution is 5.91. The number of hydrogen-bond donors (Lipinski definition) is 1. The molecular weight excluding hydrogens is 340 g/mol. The molecule has 0 amide bonds. The Kier molecular flexibility index (Phi) is 4.41. The van der Waals surface area contributed by atoms with Gasteiger partial charge in [0.25, 0.3) is 0 Å². The predicted molar refractivity (Wildman–Crippen MR) is 103 cm³/mol.